The Morgan fingerprint density at radius 3 is 2.56 bits per heavy atom. The lowest BCUT2D eigenvalue weighted by atomic mass is 10.1. The molecule has 0 spiro atoms. The van der Waals surface area contributed by atoms with Crippen LogP contribution in [0.15, 0.2) is 12.1 Å². The van der Waals surface area contributed by atoms with Crippen LogP contribution in [0.3, 0.4) is 0 Å². The van der Waals surface area contributed by atoms with Crippen molar-refractivity contribution < 1.29 is 9.72 Å². The number of aryl methyl sites for hydroxylation is 2. The Kier molecular flexibility index (Phi) is 4.38. The number of carbonyl (C=O) groups is 1. The summed E-state index contributed by atoms with van der Waals surface area (Å²) < 4.78 is 0. The van der Waals surface area contributed by atoms with Gasteiger partial charge in [-0.1, -0.05) is 6.92 Å². The maximum atomic E-state index is 11.7. The first-order chi connectivity index (χ1) is 8.36. The summed E-state index contributed by atoms with van der Waals surface area (Å²) >= 11 is 0. The molecule has 0 aliphatic heterocycles. The minimum absolute atomic E-state index is 0.0130. The molecule has 0 aliphatic carbocycles. The Hall–Kier alpha value is -1.95. The molecule has 98 valence electrons. The Labute approximate surface area is 105 Å². The molecular weight excluding hydrogens is 234 g/mol. The van der Waals surface area contributed by atoms with Crippen LogP contribution >= 0.6 is 0 Å². The monoisotopic (exact) mass is 251 g/mol. The van der Waals surface area contributed by atoms with Gasteiger partial charge in [-0.15, -0.1) is 0 Å². The van der Waals surface area contributed by atoms with Gasteiger partial charge in [0.15, 0.2) is 0 Å². The first-order valence-electron chi connectivity index (χ1n) is 5.68. The number of amides is 1. The van der Waals surface area contributed by atoms with E-state index in [1.165, 1.54) is 6.07 Å². The van der Waals surface area contributed by atoms with Crippen molar-refractivity contribution in [3.8, 4) is 0 Å². The minimum atomic E-state index is -0.607. The number of nitrogens with zero attached hydrogens (tertiary/aromatic N) is 1. The molecule has 0 aromatic heterocycles. The van der Waals surface area contributed by atoms with Gasteiger partial charge in [-0.3, -0.25) is 14.9 Å². The number of benzene rings is 1. The molecule has 0 heterocycles. The fourth-order valence-corrected chi connectivity index (χ4v) is 1.58. The molecule has 0 bridgehead atoms. The van der Waals surface area contributed by atoms with Crippen molar-refractivity contribution >= 4 is 17.3 Å². The third-order valence-corrected chi connectivity index (χ3v) is 2.77. The Bertz CT molecular complexity index is 486. The van der Waals surface area contributed by atoms with Crippen molar-refractivity contribution in [1.29, 1.82) is 0 Å². The van der Waals surface area contributed by atoms with E-state index in [0.717, 1.165) is 5.56 Å². The van der Waals surface area contributed by atoms with Gasteiger partial charge < -0.3 is 11.1 Å². The molecule has 18 heavy (non-hydrogen) atoms. The minimum Gasteiger partial charge on any atom is -0.324 e. The maximum absolute atomic E-state index is 11.7. The average molecular weight is 251 g/mol. The zero-order valence-corrected chi connectivity index (χ0v) is 10.7. The van der Waals surface area contributed by atoms with Crippen molar-refractivity contribution in [2.24, 2.45) is 5.73 Å². The number of nitrogens with one attached hydrogen (secondary N) is 1. The van der Waals surface area contributed by atoms with E-state index in [1.54, 1.807) is 26.8 Å². The highest BCUT2D eigenvalue weighted by Gasteiger charge is 2.17. The number of rotatable bonds is 4. The normalized spacial score (nSPS) is 12.0. The third-order valence-electron chi connectivity index (χ3n) is 2.77. The molecule has 1 aromatic rings. The number of nitrogens with two attached hydrogens (primary N) is 1. The molecule has 3 N–H and O–H groups in total. The largest absolute Gasteiger partial charge is 0.324 e. The quantitative estimate of drug-likeness (QED) is 0.630. The summed E-state index contributed by atoms with van der Waals surface area (Å²) in [5.74, 6) is -0.334. The van der Waals surface area contributed by atoms with E-state index >= 15 is 0 Å². The second-order valence-corrected chi connectivity index (χ2v) is 4.21. The topological polar surface area (TPSA) is 98.3 Å². The standard InChI is InChI=1S/C12H17N3O3/c1-4-9(13)12(16)14-10-6-11(15(17)18)8(3)5-7(10)2/h5-6,9H,4,13H2,1-3H3,(H,14,16). The number of hydrogen-bond acceptors (Lipinski definition) is 4. The van der Waals surface area contributed by atoms with Gasteiger partial charge in [0.05, 0.1) is 16.7 Å². The lowest BCUT2D eigenvalue weighted by Gasteiger charge is -2.12. The molecule has 1 rings (SSSR count). The zero-order valence-electron chi connectivity index (χ0n) is 10.7. The number of carbonyl (C=O) groups excluding carboxylic acids is 1. The number of hydrogen-bond donors (Lipinski definition) is 2. The van der Waals surface area contributed by atoms with Gasteiger partial charge in [-0.2, -0.15) is 0 Å². The Balaban J connectivity index is 3.06. The van der Waals surface area contributed by atoms with Gasteiger partial charge in [0.25, 0.3) is 5.69 Å². The van der Waals surface area contributed by atoms with Crippen molar-refractivity contribution in [1.82, 2.24) is 0 Å². The van der Waals surface area contributed by atoms with E-state index in [1.807, 2.05) is 0 Å². The summed E-state index contributed by atoms with van der Waals surface area (Å²) in [6.07, 6.45) is 0.513. The lowest BCUT2D eigenvalue weighted by Crippen LogP contribution is -2.35. The van der Waals surface area contributed by atoms with E-state index in [-0.39, 0.29) is 11.6 Å². The van der Waals surface area contributed by atoms with E-state index < -0.39 is 11.0 Å². The van der Waals surface area contributed by atoms with Gasteiger partial charge in [0, 0.05) is 11.6 Å². The van der Waals surface area contributed by atoms with Crippen molar-refractivity contribution in [2.45, 2.75) is 33.2 Å². The Morgan fingerprint density at radius 2 is 2.06 bits per heavy atom. The predicted molar refractivity (Wildman–Crippen MR) is 69.5 cm³/mol. The highest BCUT2D eigenvalue weighted by molar-refractivity contribution is 5.95. The Morgan fingerprint density at radius 1 is 1.44 bits per heavy atom. The number of nitro benzene ring substituents is 1. The molecule has 6 heteroatoms. The highest BCUT2D eigenvalue weighted by atomic mass is 16.6. The molecule has 1 unspecified atom stereocenters. The van der Waals surface area contributed by atoms with Crippen LogP contribution in [0.5, 0.6) is 0 Å². The smallest absolute Gasteiger partial charge is 0.274 e. The molecule has 1 aromatic carbocycles. The summed E-state index contributed by atoms with van der Waals surface area (Å²) in [5, 5.41) is 13.4. The molecule has 0 radical (unpaired) electrons. The molecule has 0 saturated heterocycles. The van der Waals surface area contributed by atoms with Crippen LogP contribution in [0.25, 0.3) is 0 Å². The van der Waals surface area contributed by atoms with Crippen LogP contribution in [0.1, 0.15) is 24.5 Å². The molecular formula is C12H17N3O3. The second-order valence-electron chi connectivity index (χ2n) is 4.21. The molecule has 1 amide bonds. The molecule has 0 fully saturated rings. The third kappa shape index (κ3) is 3.04. The summed E-state index contributed by atoms with van der Waals surface area (Å²) in [4.78, 5) is 22.0. The van der Waals surface area contributed by atoms with Crippen LogP contribution in [0.2, 0.25) is 0 Å². The lowest BCUT2D eigenvalue weighted by molar-refractivity contribution is -0.385. The van der Waals surface area contributed by atoms with Crippen molar-refractivity contribution in [2.75, 3.05) is 5.32 Å². The van der Waals surface area contributed by atoms with Crippen LogP contribution < -0.4 is 11.1 Å². The maximum Gasteiger partial charge on any atom is 0.274 e. The molecule has 0 saturated carbocycles. The molecule has 0 aliphatic rings. The van der Waals surface area contributed by atoms with Gasteiger partial charge in [-0.25, -0.2) is 0 Å². The number of anilines is 1. The summed E-state index contributed by atoms with van der Waals surface area (Å²) in [6.45, 7) is 5.24. The van der Waals surface area contributed by atoms with Crippen molar-refractivity contribution in [3.05, 3.63) is 33.4 Å². The van der Waals surface area contributed by atoms with E-state index in [2.05, 4.69) is 5.32 Å². The SMILES string of the molecule is CCC(N)C(=O)Nc1cc([N+](=O)[O-])c(C)cc1C. The highest BCUT2D eigenvalue weighted by Crippen LogP contribution is 2.26. The zero-order chi connectivity index (χ0) is 13.9. The van der Waals surface area contributed by atoms with Crippen LogP contribution in [0, 0.1) is 24.0 Å². The predicted octanol–water partition coefficient (Wildman–Crippen LogP) is 1.89. The van der Waals surface area contributed by atoms with Crippen LogP contribution in [0.4, 0.5) is 11.4 Å². The van der Waals surface area contributed by atoms with Crippen molar-refractivity contribution in [3.63, 3.8) is 0 Å². The van der Waals surface area contributed by atoms with E-state index in [9.17, 15) is 14.9 Å². The molecule has 6 nitrogen and oxygen atoms in total. The van der Waals surface area contributed by atoms with Crippen LogP contribution in [-0.4, -0.2) is 16.9 Å². The average Bonchev–Trinajstić information content (AvgIpc) is 2.30. The van der Waals surface area contributed by atoms with E-state index in [4.69, 9.17) is 5.73 Å². The number of nitro groups is 1. The molecule has 1 atom stereocenters. The summed E-state index contributed by atoms with van der Waals surface area (Å²) in [5.41, 5.74) is 7.35. The first-order valence-corrected chi connectivity index (χ1v) is 5.68. The van der Waals surface area contributed by atoms with Crippen LogP contribution in [-0.2, 0) is 4.79 Å². The summed E-state index contributed by atoms with van der Waals surface area (Å²) in [7, 11) is 0. The van der Waals surface area contributed by atoms with Gasteiger partial charge in [0.2, 0.25) is 5.91 Å². The van der Waals surface area contributed by atoms with E-state index in [0.29, 0.717) is 17.7 Å². The second kappa shape index (κ2) is 5.59. The first kappa shape index (κ1) is 14.1. The van der Waals surface area contributed by atoms with Gasteiger partial charge in [0.1, 0.15) is 0 Å². The fourth-order valence-electron chi connectivity index (χ4n) is 1.58. The van der Waals surface area contributed by atoms with Gasteiger partial charge >= 0.3 is 0 Å². The summed E-state index contributed by atoms with van der Waals surface area (Å²) in [6, 6.07) is 2.43. The van der Waals surface area contributed by atoms with Gasteiger partial charge in [-0.05, 0) is 31.9 Å². The fraction of sp³-hybridized carbons (Fsp3) is 0.417.